The number of amides is 3. The van der Waals surface area contributed by atoms with Gasteiger partial charge in [0.1, 0.15) is 0 Å². The van der Waals surface area contributed by atoms with Gasteiger partial charge >= 0.3 is 0 Å². The summed E-state index contributed by atoms with van der Waals surface area (Å²) in [5.41, 5.74) is -0.791. The van der Waals surface area contributed by atoms with Crippen molar-refractivity contribution in [3.8, 4) is 0 Å². The number of carbonyl (C=O) groups excluding carboxylic acids is 3. The molecule has 0 spiro atoms. The zero-order chi connectivity index (χ0) is 22.7. The highest BCUT2D eigenvalue weighted by molar-refractivity contribution is 5.87. The SMILES string of the molecule is CCCC(C)(CC)C(=O)N(CC(=O)NCCCCNC(=O)C(C)(C)C)CC(C)C. The predicted molar refractivity (Wildman–Crippen MR) is 119 cm³/mol. The van der Waals surface area contributed by atoms with Crippen LogP contribution in [0.4, 0.5) is 0 Å². The molecule has 2 N–H and O–H groups in total. The van der Waals surface area contributed by atoms with Crippen LogP contribution in [0.3, 0.4) is 0 Å². The van der Waals surface area contributed by atoms with Crippen LogP contribution in [0.15, 0.2) is 0 Å². The number of nitrogens with one attached hydrogen (secondary N) is 2. The smallest absolute Gasteiger partial charge is 0.239 e. The van der Waals surface area contributed by atoms with Crippen LogP contribution in [0.25, 0.3) is 0 Å². The zero-order valence-electron chi connectivity index (χ0n) is 20.1. The summed E-state index contributed by atoms with van der Waals surface area (Å²) in [6.45, 7) is 17.8. The minimum atomic E-state index is -0.408. The van der Waals surface area contributed by atoms with Gasteiger partial charge in [-0.1, -0.05) is 61.8 Å². The topological polar surface area (TPSA) is 78.5 Å². The molecule has 0 saturated carbocycles. The number of nitrogens with zero attached hydrogens (tertiary/aromatic N) is 1. The molecule has 6 nitrogen and oxygen atoms in total. The van der Waals surface area contributed by atoms with Crippen LogP contribution >= 0.6 is 0 Å². The van der Waals surface area contributed by atoms with Gasteiger partial charge in [0, 0.05) is 30.5 Å². The van der Waals surface area contributed by atoms with Crippen molar-refractivity contribution in [1.29, 1.82) is 0 Å². The van der Waals surface area contributed by atoms with E-state index in [1.54, 1.807) is 4.90 Å². The normalized spacial score (nSPS) is 13.7. The molecule has 0 saturated heterocycles. The van der Waals surface area contributed by atoms with E-state index in [-0.39, 0.29) is 29.7 Å². The van der Waals surface area contributed by atoms with Crippen molar-refractivity contribution in [3.63, 3.8) is 0 Å². The van der Waals surface area contributed by atoms with E-state index in [4.69, 9.17) is 0 Å². The van der Waals surface area contributed by atoms with Crippen LogP contribution in [0.1, 0.15) is 87.5 Å². The van der Waals surface area contributed by atoms with Crippen molar-refractivity contribution in [2.24, 2.45) is 16.7 Å². The average molecular weight is 412 g/mol. The second-order valence-corrected chi connectivity index (χ2v) is 9.81. The van der Waals surface area contributed by atoms with Crippen molar-refractivity contribution in [2.75, 3.05) is 26.2 Å². The quantitative estimate of drug-likeness (QED) is 0.453. The Morgan fingerprint density at radius 3 is 1.93 bits per heavy atom. The molecule has 3 amide bonds. The molecule has 0 bridgehead atoms. The van der Waals surface area contributed by atoms with E-state index in [1.165, 1.54) is 0 Å². The summed E-state index contributed by atoms with van der Waals surface area (Å²) in [5.74, 6) is 0.305. The number of rotatable bonds is 13. The minimum absolute atomic E-state index is 0.0374. The molecule has 1 atom stereocenters. The van der Waals surface area contributed by atoms with Gasteiger partial charge in [0.05, 0.1) is 6.54 Å². The molecule has 0 aromatic heterocycles. The van der Waals surface area contributed by atoms with Crippen LogP contribution in [-0.2, 0) is 14.4 Å². The van der Waals surface area contributed by atoms with Gasteiger partial charge in [-0.15, -0.1) is 0 Å². The number of hydrogen-bond donors (Lipinski definition) is 2. The summed E-state index contributed by atoms with van der Waals surface area (Å²) < 4.78 is 0. The lowest BCUT2D eigenvalue weighted by atomic mass is 9.81. The molecule has 29 heavy (non-hydrogen) atoms. The molecule has 170 valence electrons. The summed E-state index contributed by atoms with van der Waals surface area (Å²) in [5, 5.41) is 5.83. The molecule has 0 aliphatic carbocycles. The summed E-state index contributed by atoms with van der Waals surface area (Å²) in [6, 6.07) is 0. The third kappa shape index (κ3) is 10.7. The zero-order valence-corrected chi connectivity index (χ0v) is 20.1. The number of carbonyl (C=O) groups is 3. The molecule has 0 rings (SSSR count). The lowest BCUT2D eigenvalue weighted by Gasteiger charge is -2.34. The van der Waals surface area contributed by atoms with E-state index in [2.05, 4.69) is 31.4 Å². The monoisotopic (exact) mass is 411 g/mol. The Labute approximate surface area is 178 Å². The standard InChI is InChI=1S/C23H45N3O3/c1-9-13-23(8,10-2)21(29)26(16-18(3)4)17-19(27)24-14-11-12-15-25-20(28)22(5,6)7/h18H,9-17H2,1-8H3,(H,24,27)(H,25,28). The molecular weight excluding hydrogens is 366 g/mol. The lowest BCUT2D eigenvalue weighted by molar-refractivity contribution is -0.145. The Balaban J connectivity index is 4.51. The first-order valence-corrected chi connectivity index (χ1v) is 11.2. The largest absolute Gasteiger partial charge is 0.356 e. The molecule has 0 radical (unpaired) electrons. The van der Waals surface area contributed by atoms with Crippen LogP contribution in [-0.4, -0.2) is 48.8 Å². The van der Waals surface area contributed by atoms with Gasteiger partial charge in [-0.25, -0.2) is 0 Å². The summed E-state index contributed by atoms with van der Waals surface area (Å²) in [6.07, 6.45) is 4.15. The second-order valence-electron chi connectivity index (χ2n) is 9.81. The second kappa shape index (κ2) is 12.9. The first-order chi connectivity index (χ1) is 13.4. The summed E-state index contributed by atoms with van der Waals surface area (Å²) in [7, 11) is 0. The van der Waals surface area contributed by atoms with Crippen molar-refractivity contribution in [3.05, 3.63) is 0 Å². The molecule has 0 aliphatic rings. The molecule has 6 heteroatoms. The Bertz CT molecular complexity index is 526. The number of unbranched alkanes of at least 4 members (excludes halogenated alkanes) is 1. The van der Waals surface area contributed by atoms with Gasteiger partial charge in [0.25, 0.3) is 0 Å². The van der Waals surface area contributed by atoms with Gasteiger partial charge in [0.2, 0.25) is 17.7 Å². The fraction of sp³-hybridized carbons (Fsp3) is 0.870. The Kier molecular flexibility index (Phi) is 12.2. The first-order valence-electron chi connectivity index (χ1n) is 11.2. The highest BCUT2D eigenvalue weighted by atomic mass is 16.2. The molecule has 0 aliphatic heterocycles. The van der Waals surface area contributed by atoms with E-state index in [9.17, 15) is 14.4 Å². The number of hydrogen-bond acceptors (Lipinski definition) is 3. The molecule has 0 aromatic rings. The van der Waals surface area contributed by atoms with Crippen molar-refractivity contribution in [2.45, 2.75) is 87.5 Å². The van der Waals surface area contributed by atoms with Crippen molar-refractivity contribution >= 4 is 17.7 Å². The minimum Gasteiger partial charge on any atom is -0.356 e. The van der Waals surface area contributed by atoms with Crippen LogP contribution in [0, 0.1) is 16.7 Å². The molecule has 0 heterocycles. The molecular formula is C23H45N3O3. The van der Waals surface area contributed by atoms with Crippen LogP contribution < -0.4 is 10.6 Å². The highest BCUT2D eigenvalue weighted by Gasteiger charge is 2.35. The maximum atomic E-state index is 13.1. The van der Waals surface area contributed by atoms with Crippen molar-refractivity contribution in [1.82, 2.24) is 15.5 Å². The summed E-state index contributed by atoms with van der Waals surface area (Å²) >= 11 is 0. The van der Waals surface area contributed by atoms with Gasteiger partial charge in [-0.05, 0) is 31.6 Å². The van der Waals surface area contributed by atoms with Gasteiger partial charge in [-0.3, -0.25) is 14.4 Å². The molecule has 1 unspecified atom stereocenters. The molecule has 0 fully saturated rings. The average Bonchev–Trinajstić information content (AvgIpc) is 2.62. The van der Waals surface area contributed by atoms with E-state index in [1.807, 2.05) is 34.6 Å². The maximum Gasteiger partial charge on any atom is 0.239 e. The Morgan fingerprint density at radius 2 is 1.48 bits per heavy atom. The fourth-order valence-corrected chi connectivity index (χ4v) is 3.20. The Hall–Kier alpha value is -1.59. The van der Waals surface area contributed by atoms with Gasteiger partial charge < -0.3 is 15.5 Å². The van der Waals surface area contributed by atoms with Crippen molar-refractivity contribution < 1.29 is 14.4 Å². The van der Waals surface area contributed by atoms with E-state index in [0.29, 0.717) is 25.6 Å². The van der Waals surface area contributed by atoms with E-state index in [0.717, 1.165) is 32.1 Å². The summed E-state index contributed by atoms with van der Waals surface area (Å²) in [4.78, 5) is 39.1. The van der Waals surface area contributed by atoms with Crippen LogP contribution in [0.5, 0.6) is 0 Å². The van der Waals surface area contributed by atoms with Crippen LogP contribution in [0.2, 0.25) is 0 Å². The van der Waals surface area contributed by atoms with E-state index < -0.39 is 5.41 Å². The third-order valence-corrected chi connectivity index (χ3v) is 5.20. The van der Waals surface area contributed by atoms with Gasteiger partial charge in [-0.2, -0.15) is 0 Å². The molecule has 0 aromatic carbocycles. The first kappa shape index (κ1) is 27.4. The third-order valence-electron chi connectivity index (χ3n) is 5.20. The fourth-order valence-electron chi connectivity index (χ4n) is 3.20. The Morgan fingerprint density at radius 1 is 0.931 bits per heavy atom. The van der Waals surface area contributed by atoms with E-state index >= 15 is 0 Å². The maximum absolute atomic E-state index is 13.1. The lowest BCUT2D eigenvalue weighted by Crippen LogP contribution is -2.48. The highest BCUT2D eigenvalue weighted by Crippen LogP contribution is 2.30. The predicted octanol–water partition coefficient (Wildman–Crippen LogP) is 3.75. The van der Waals surface area contributed by atoms with Gasteiger partial charge in [0.15, 0.2) is 0 Å².